The van der Waals surface area contributed by atoms with Crippen molar-refractivity contribution < 1.29 is 24.6 Å². The van der Waals surface area contributed by atoms with Gasteiger partial charge in [-0.1, -0.05) is 18.2 Å². The number of carboxylic acid groups (broad SMARTS) is 2. The van der Waals surface area contributed by atoms with Crippen LogP contribution in [0.4, 0.5) is 0 Å². The highest BCUT2D eigenvalue weighted by molar-refractivity contribution is 5.87. The Balaban J connectivity index is 2.04. The summed E-state index contributed by atoms with van der Waals surface area (Å²) in [5.41, 5.74) is 6.15. The minimum absolute atomic E-state index is 0.0191. The molecule has 0 radical (unpaired) electrons. The van der Waals surface area contributed by atoms with Gasteiger partial charge in [-0.2, -0.15) is 0 Å². The summed E-state index contributed by atoms with van der Waals surface area (Å²) in [4.78, 5) is 38.3. The zero-order valence-electron chi connectivity index (χ0n) is 15.4. The fourth-order valence-electron chi connectivity index (χ4n) is 2.89. The van der Waals surface area contributed by atoms with Crippen molar-refractivity contribution >= 4 is 28.7 Å². The average Bonchev–Trinajstić information content (AvgIpc) is 3.01. The molecule has 8 nitrogen and oxygen atoms in total. The van der Waals surface area contributed by atoms with Crippen LogP contribution >= 0.6 is 0 Å². The number of nitrogens with one attached hydrogen (secondary N) is 2. The van der Waals surface area contributed by atoms with Crippen LogP contribution in [0.2, 0.25) is 0 Å². The van der Waals surface area contributed by atoms with Crippen LogP contribution in [0.1, 0.15) is 32.3 Å². The molecule has 0 aliphatic heterocycles. The number of benzene rings is 1. The first-order valence-corrected chi connectivity index (χ1v) is 8.71. The van der Waals surface area contributed by atoms with Gasteiger partial charge in [0.15, 0.2) is 0 Å². The predicted molar refractivity (Wildman–Crippen MR) is 100 cm³/mol. The van der Waals surface area contributed by atoms with Gasteiger partial charge in [-0.15, -0.1) is 0 Å². The smallest absolute Gasteiger partial charge is 0.326 e. The first-order chi connectivity index (χ1) is 12.6. The van der Waals surface area contributed by atoms with Crippen molar-refractivity contribution in [1.82, 2.24) is 10.3 Å². The molecule has 1 aromatic heterocycles. The molecule has 146 valence electrons. The van der Waals surface area contributed by atoms with Crippen molar-refractivity contribution in [3.8, 4) is 0 Å². The minimum atomic E-state index is -1.26. The van der Waals surface area contributed by atoms with Crippen molar-refractivity contribution in [2.75, 3.05) is 0 Å². The van der Waals surface area contributed by atoms with E-state index < -0.39 is 35.3 Å². The third-order valence-electron chi connectivity index (χ3n) is 5.10. The Morgan fingerprint density at radius 1 is 1.26 bits per heavy atom. The van der Waals surface area contributed by atoms with Gasteiger partial charge < -0.3 is 26.2 Å². The second-order valence-corrected chi connectivity index (χ2v) is 7.03. The molecule has 0 fully saturated rings. The number of aromatic nitrogens is 1. The number of H-pyrrole nitrogens is 1. The lowest BCUT2D eigenvalue weighted by molar-refractivity contribution is -0.150. The lowest BCUT2D eigenvalue weighted by atomic mass is 9.79. The number of aromatic amines is 1. The van der Waals surface area contributed by atoms with Crippen LogP contribution < -0.4 is 11.1 Å². The highest BCUT2D eigenvalue weighted by atomic mass is 16.4. The Bertz CT molecular complexity index is 845. The quantitative estimate of drug-likeness (QED) is 0.449. The van der Waals surface area contributed by atoms with Gasteiger partial charge in [0.05, 0.1) is 5.41 Å². The first-order valence-electron chi connectivity index (χ1n) is 8.71. The Kier molecular flexibility index (Phi) is 6.22. The van der Waals surface area contributed by atoms with E-state index in [1.54, 1.807) is 13.1 Å². The third-order valence-corrected chi connectivity index (χ3v) is 5.10. The molecule has 3 unspecified atom stereocenters. The summed E-state index contributed by atoms with van der Waals surface area (Å²) in [6.45, 7) is 3.05. The number of fused-ring (bicyclic) bond motifs is 1. The number of carboxylic acids is 2. The summed E-state index contributed by atoms with van der Waals surface area (Å²) in [5, 5.41) is 22.2. The summed E-state index contributed by atoms with van der Waals surface area (Å²) >= 11 is 0. The Hall–Kier alpha value is -2.87. The number of para-hydroxylation sites is 1. The van der Waals surface area contributed by atoms with E-state index >= 15 is 0 Å². The molecule has 0 bridgehead atoms. The van der Waals surface area contributed by atoms with Crippen molar-refractivity contribution in [3.63, 3.8) is 0 Å². The SMILES string of the molecule is CC(N)C(C)(CCC(=O)NC(Cc1c[nH]c2ccccc12)C(=O)O)C(=O)O. The topological polar surface area (TPSA) is 146 Å². The Morgan fingerprint density at radius 3 is 2.52 bits per heavy atom. The summed E-state index contributed by atoms with van der Waals surface area (Å²) in [6, 6.07) is 5.73. The third kappa shape index (κ3) is 4.65. The monoisotopic (exact) mass is 375 g/mol. The van der Waals surface area contributed by atoms with E-state index in [2.05, 4.69) is 10.3 Å². The fraction of sp³-hybridized carbons (Fsp3) is 0.421. The Morgan fingerprint density at radius 2 is 1.93 bits per heavy atom. The molecule has 8 heteroatoms. The molecule has 0 spiro atoms. The summed E-state index contributed by atoms with van der Waals surface area (Å²) in [7, 11) is 0. The molecular weight excluding hydrogens is 350 g/mol. The van der Waals surface area contributed by atoms with Gasteiger partial charge in [0.1, 0.15) is 6.04 Å². The molecule has 6 N–H and O–H groups in total. The highest BCUT2D eigenvalue weighted by Gasteiger charge is 2.37. The summed E-state index contributed by atoms with van der Waals surface area (Å²) in [6.07, 6.45) is 1.74. The summed E-state index contributed by atoms with van der Waals surface area (Å²) < 4.78 is 0. The van der Waals surface area contributed by atoms with Gasteiger partial charge >= 0.3 is 11.9 Å². The zero-order chi connectivity index (χ0) is 20.2. The van der Waals surface area contributed by atoms with Gasteiger partial charge in [0.2, 0.25) is 5.91 Å². The molecule has 0 aliphatic carbocycles. The normalized spacial score (nSPS) is 15.7. The van der Waals surface area contributed by atoms with Crippen molar-refractivity contribution in [2.24, 2.45) is 11.1 Å². The van der Waals surface area contributed by atoms with Crippen molar-refractivity contribution in [2.45, 2.75) is 45.2 Å². The molecule has 1 amide bonds. The number of carbonyl (C=O) groups excluding carboxylic acids is 1. The molecule has 1 heterocycles. The van der Waals surface area contributed by atoms with Crippen LogP contribution in [0.3, 0.4) is 0 Å². The standard InChI is InChI=1S/C19H25N3O5/c1-11(20)19(2,18(26)27)8-7-16(23)22-15(17(24)25)9-12-10-21-14-6-4-3-5-13(12)14/h3-6,10-11,15,21H,7-9,20H2,1-2H3,(H,22,23)(H,24,25)(H,26,27). The fourth-order valence-corrected chi connectivity index (χ4v) is 2.89. The minimum Gasteiger partial charge on any atom is -0.481 e. The van der Waals surface area contributed by atoms with Gasteiger partial charge in [0, 0.05) is 36.0 Å². The molecule has 0 saturated heterocycles. The number of amides is 1. The molecule has 0 aliphatic rings. The summed E-state index contributed by atoms with van der Waals surface area (Å²) in [5.74, 6) is -2.75. The molecule has 27 heavy (non-hydrogen) atoms. The lowest BCUT2D eigenvalue weighted by Crippen LogP contribution is -2.46. The largest absolute Gasteiger partial charge is 0.481 e. The van der Waals surface area contributed by atoms with Gasteiger partial charge in [0.25, 0.3) is 0 Å². The zero-order valence-corrected chi connectivity index (χ0v) is 15.4. The molecule has 2 aromatic rings. The van der Waals surface area contributed by atoms with Crippen molar-refractivity contribution in [1.29, 1.82) is 0 Å². The number of hydrogen-bond acceptors (Lipinski definition) is 4. The van der Waals surface area contributed by atoms with Crippen molar-refractivity contribution in [3.05, 3.63) is 36.0 Å². The van der Waals surface area contributed by atoms with Crippen LogP contribution in [0, 0.1) is 5.41 Å². The second-order valence-electron chi connectivity index (χ2n) is 7.03. The number of rotatable bonds is 9. The van der Waals surface area contributed by atoms with E-state index in [1.165, 1.54) is 6.92 Å². The number of hydrogen-bond donors (Lipinski definition) is 5. The molecule has 0 saturated carbocycles. The van der Waals surface area contributed by atoms with Crippen LogP contribution in [0.15, 0.2) is 30.5 Å². The number of nitrogens with two attached hydrogens (primary N) is 1. The Labute approximate surface area is 156 Å². The van der Waals surface area contributed by atoms with E-state index in [1.807, 2.05) is 24.3 Å². The molecular formula is C19H25N3O5. The molecule has 2 rings (SSSR count). The highest BCUT2D eigenvalue weighted by Crippen LogP contribution is 2.27. The van der Waals surface area contributed by atoms with Crippen LogP contribution in [0.25, 0.3) is 10.9 Å². The molecule has 3 atom stereocenters. The van der Waals surface area contributed by atoms with E-state index in [-0.39, 0.29) is 19.3 Å². The van der Waals surface area contributed by atoms with Gasteiger partial charge in [-0.05, 0) is 31.9 Å². The average molecular weight is 375 g/mol. The maximum atomic E-state index is 12.2. The van der Waals surface area contributed by atoms with Crippen LogP contribution in [0.5, 0.6) is 0 Å². The second kappa shape index (κ2) is 8.22. The van der Waals surface area contributed by atoms with E-state index in [4.69, 9.17) is 5.73 Å². The first kappa shape index (κ1) is 20.4. The van der Waals surface area contributed by atoms with Crippen LogP contribution in [-0.4, -0.2) is 45.1 Å². The van der Waals surface area contributed by atoms with E-state index in [9.17, 15) is 24.6 Å². The number of carbonyl (C=O) groups is 3. The van der Waals surface area contributed by atoms with E-state index in [0.29, 0.717) is 0 Å². The maximum Gasteiger partial charge on any atom is 0.326 e. The maximum absolute atomic E-state index is 12.2. The van der Waals surface area contributed by atoms with Gasteiger partial charge in [-0.3, -0.25) is 9.59 Å². The van der Waals surface area contributed by atoms with Gasteiger partial charge in [-0.25, -0.2) is 4.79 Å². The number of aliphatic carboxylic acids is 2. The predicted octanol–water partition coefficient (Wildman–Crippen LogP) is 1.50. The van der Waals surface area contributed by atoms with E-state index in [0.717, 1.165) is 16.5 Å². The van der Waals surface area contributed by atoms with Crippen LogP contribution in [-0.2, 0) is 20.8 Å². The molecule has 1 aromatic carbocycles. The lowest BCUT2D eigenvalue weighted by Gasteiger charge is -2.28.